The number of hydrogen-bond acceptors (Lipinski definition) is 6. The fraction of sp³-hybridized carbons (Fsp3) is 0.682. The van der Waals surface area contributed by atoms with E-state index in [1.165, 1.54) is 6.42 Å². The number of amides is 2. The summed E-state index contributed by atoms with van der Waals surface area (Å²) in [6.07, 6.45) is 7.42. The molecule has 31 heavy (non-hydrogen) atoms. The van der Waals surface area contributed by atoms with Crippen LogP contribution in [0.25, 0.3) is 0 Å². The number of rotatable bonds is 7. The van der Waals surface area contributed by atoms with Crippen molar-refractivity contribution in [2.24, 2.45) is 0 Å². The van der Waals surface area contributed by atoms with Gasteiger partial charge in [-0.1, -0.05) is 11.6 Å². The predicted octanol–water partition coefficient (Wildman–Crippen LogP) is 2.56. The van der Waals surface area contributed by atoms with Crippen LogP contribution in [0, 0.1) is 6.92 Å². The van der Waals surface area contributed by atoms with E-state index in [4.69, 9.17) is 4.52 Å². The minimum absolute atomic E-state index is 0.00488. The zero-order valence-electron chi connectivity index (χ0n) is 18.7. The molecule has 0 spiro atoms. The zero-order valence-corrected chi connectivity index (χ0v) is 18.7. The molecule has 1 aliphatic carbocycles. The van der Waals surface area contributed by atoms with E-state index in [2.05, 4.69) is 15.2 Å². The van der Waals surface area contributed by atoms with Gasteiger partial charge in [0.2, 0.25) is 11.8 Å². The Morgan fingerprint density at radius 1 is 1.26 bits per heavy atom. The van der Waals surface area contributed by atoms with Gasteiger partial charge in [0.05, 0.1) is 11.8 Å². The minimum Gasteiger partial charge on any atom is -0.339 e. The Morgan fingerprint density at radius 2 is 2.06 bits per heavy atom. The zero-order chi connectivity index (χ0) is 22.0. The number of likely N-dealkylation sites (tertiary alicyclic amines) is 1. The van der Waals surface area contributed by atoms with E-state index < -0.39 is 0 Å². The quantitative estimate of drug-likeness (QED) is 0.672. The summed E-state index contributed by atoms with van der Waals surface area (Å²) in [5.41, 5.74) is 1.53. The molecule has 0 bridgehead atoms. The molecule has 0 aromatic carbocycles. The first-order valence-electron chi connectivity index (χ1n) is 11.4. The number of piperidine rings is 1. The van der Waals surface area contributed by atoms with E-state index in [1.54, 1.807) is 13.1 Å². The second-order valence-corrected chi connectivity index (χ2v) is 8.65. The normalized spacial score (nSPS) is 19.3. The van der Waals surface area contributed by atoms with Crippen LogP contribution in [0.4, 0.5) is 0 Å². The molecular weight excluding hydrogens is 396 g/mol. The highest BCUT2D eigenvalue weighted by Crippen LogP contribution is 2.35. The van der Waals surface area contributed by atoms with Crippen LogP contribution in [0.15, 0.2) is 10.7 Å². The molecule has 2 fully saturated rings. The summed E-state index contributed by atoms with van der Waals surface area (Å²) in [6, 6.07) is -0.00488. The maximum Gasteiger partial charge on any atom is 0.257 e. The minimum atomic E-state index is -0.00582. The first-order valence-corrected chi connectivity index (χ1v) is 11.4. The van der Waals surface area contributed by atoms with Crippen molar-refractivity contribution in [3.63, 3.8) is 0 Å². The topological polar surface area (TPSA) is 97.4 Å². The molecule has 2 aromatic rings. The van der Waals surface area contributed by atoms with Gasteiger partial charge in [0.1, 0.15) is 0 Å². The summed E-state index contributed by atoms with van der Waals surface area (Å²) in [4.78, 5) is 33.8. The maximum absolute atomic E-state index is 13.1. The second kappa shape index (κ2) is 9.20. The van der Waals surface area contributed by atoms with Gasteiger partial charge >= 0.3 is 0 Å². The lowest BCUT2D eigenvalue weighted by Gasteiger charge is -2.39. The molecule has 168 valence electrons. The average Bonchev–Trinajstić information content (AvgIpc) is 3.32. The lowest BCUT2D eigenvalue weighted by atomic mass is 9.85. The molecule has 1 unspecified atom stereocenters. The largest absolute Gasteiger partial charge is 0.339 e. The highest BCUT2D eigenvalue weighted by Gasteiger charge is 2.31. The molecule has 2 aliphatic rings. The third-order valence-electron chi connectivity index (χ3n) is 6.68. The highest BCUT2D eigenvalue weighted by atomic mass is 16.5. The fourth-order valence-corrected chi connectivity index (χ4v) is 4.55. The Labute approximate surface area is 182 Å². The van der Waals surface area contributed by atoms with Gasteiger partial charge in [-0.25, -0.2) is 0 Å². The molecule has 0 radical (unpaired) electrons. The molecule has 0 N–H and O–H groups in total. The number of carbonyl (C=O) groups excluding carboxylic acids is 2. The van der Waals surface area contributed by atoms with Crippen LogP contribution in [-0.2, 0) is 17.8 Å². The lowest BCUT2D eigenvalue weighted by molar-refractivity contribution is -0.132. The van der Waals surface area contributed by atoms with Gasteiger partial charge in [0.15, 0.2) is 5.82 Å². The Balaban J connectivity index is 1.39. The lowest BCUT2D eigenvalue weighted by Crippen LogP contribution is -2.51. The van der Waals surface area contributed by atoms with Crippen LogP contribution in [0.5, 0.6) is 0 Å². The molecule has 1 saturated carbocycles. The van der Waals surface area contributed by atoms with E-state index in [-0.39, 0.29) is 17.9 Å². The summed E-state index contributed by atoms with van der Waals surface area (Å²) >= 11 is 0. The maximum atomic E-state index is 13.1. The van der Waals surface area contributed by atoms with Gasteiger partial charge < -0.3 is 14.3 Å². The Morgan fingerprint density at radius 3 is 2.71 bits per heavy atom. The standard InChI is InChI=1S/C22H32N6O3/c1-4-28-15(2)19(13-23-28)22(30)26-11-6-9-18(14-26)27(16(3)29)12-10-20-24-21(31-25-20)17-7-5-8-17/h13,17-18H,4-12,14H2,1-3H3. The summed E-state index contributed by atoms with van der Waals surface area (Å²) < 4.78 is 7.23. The monoisotopic (exact) mass is 428 g/mol. The van der Waals surface area contributed by atoms with E-state index in [1.807, 2.05) is 28.3 Å². The Kier molecular flexibility index (Phi) is 6.38. The van der Waals surface area contributed by atoms with Crippen LogP contribution < -0.4 is 0 Å². The third-order valence-corrected chi connectivity index (χ3v) is 6.68. The molecule has 3 heterocycles. The average molecular weight is 429 g/mol. The van der Waals surface area contributed by atoms with Gasteiger partial charge in [-0.05, 0) is 39.5 Å². The van der Waals surface area contributed by atoms with Crippen LogP contribution in [0.1, 0.15) is 79.6 Å². The van der Waals surface area contributed by atoms with Crippen LogP contribution in [0.2, 0.25) is 0 Å². The SMILES string of the molecule is CCn1ncc(C(=O)N2CCCC(N(CCc3noc(C4CCC4)n3)C(C)=O)C2)c1C. The molecule has 9 heteroatoms. The second-order valence-electron chi connectivity index (χ2n) is 8.65. The van der Waals surface area contributed by atoms with Crippen LogP contribution in [-0.4, -0.2) is 67.2 Å². The molecule has 2 amide bonds. The number of hydrogen-bond donors (Lipinski definition) is 0. The Hall–Kier alpha value is -2.71. The van der Waals surface area contributed by atoms with Crippen LogP contribution >= 0.6 is 0 Å². The molecule has 1 saturated heterocycles. The molecular formula is C22H32N6O3. The van der Waals surface area contributed by atoms with Crippen molar-refractivity contribution in [1.82, 2.24) is 29.7 Å². The molecule has 9 nitrogen and oxygen atoms in total. The number of aryl methyl sites for hydroxylation is 1. The van der Waals surface area contributed by atoms with Crippen molar-refractivity contribution in [2.75, 3.05) is 19.6 Å². The van der Waals surface area contributed by atoms with Gasteiger partial charge in [0, 0.05) is 57.2 Å². The van der Waals surface area contributed by atoms with Gasteiger partial charge in [-0.15, -0.1) is 0 Å². The van der Waals surface area contributed by atoms with Gasteiger partial charge in [-0.3, -0.25) is 14.3 Å². The number of nitrogens with zero attached hydrogens (tertiary/aromatic N) is 6. The Bertz CT molecular complexity index is 932. The first-order chi connectivity index (χ1) is 15.0. The number of carbonyl (C=O) groups is 2. The van der Waals surface area contributed by atoms with Crippen molar-refractivity contribution in [3.8, 4) is 0 Å². The summed E-state index contributed by atoms with van der Waals surface area (Å²) in [7, 11) is 0. The number of aromatic nitrogens is 4. The van der Waals surface area contributed by atoms with Crippen molar-refractivity contribution in [1.29, 1.82) is 0 Å². The molecule has 4 rings (SSSR count). The van der Waals surface area contributed by atoms with E-state index in [9.17, 15) is 9.59 Å². The van der Waals surface area contributed by atoms with E-state index in [0.29, 0.717) is 43.4 Å². The highest BCUT2D eigenvalue weighted by molar-refractivity contribution is 5.95. The summed E-state index contributed by atoms with van der Waals surface area (Å²) in [5.74, 6) is 1.79. The van der Waals surface area contributed by atoms with Crippen molar-refractivity contribution >= 4 is 11.8 Å². The van der Waals surface area contributed by atoms with E-state index >= 15 is 0 Å². The summed E-state index contributed by atoms with van der Waals surface area (Å²) in [6.45, 7) is 8.02. The van der Waals surface area contributed by atoms with Crippen molar-refractivity contribution in [2.45, 2.75) is 77.8 Å². The van der Waals surface area contributed by atoms with Crippen molar-refractivity contribution < 1.29 is 14.1 Å². The molecule has 1 aliphatic heterocycles. The molecule has 1 atom stereocenters. The smallest absolute Gasteiger partial charge is 0.257 e. The van der Waals surface area contributed by atoms with E-state index in [0.717, 1.165) is 43.8 Å². The third kappa shape index (κ3) is 4.50. The fourth-order valence-electron chi connectivity index (χ4n) is 4.55. The predicted molar refractivity (Wildman–Crippen MR) is 114 cm³/mol. The first kappa shape index (κ1) is 21.5. The van der Waals surface area contributed by atoms with Crippen LogP contribution in [0.3, 0.4) is 0 Å². The summed E-state index contributed by atoms with van der Waals surface area (Å²) in [5, 5.41) is 8.40. The van der Waals surface area contributed by atoms with Gasteiger partial charge in [0.25, 0.3) is 5.91 Å². The van der Waals surface area contributed by atoms with Crippen molar-refractivity contribution in [3.05, 3.63) is 29.2 Å². The molecule has 2 aromatic heterocycles. The van der Waals surface area contributed by atoms with Gasteiger partial charge in [-0.2, -0.15) is 10.1 Å².